The molecule has 36 heavy (non-hydrogen) atoms. The average Bonchev–Trinajstić information content (AvgIpc) is 2.88. The third-order valence-corrected chi connectivity index (χ3v) is 6.15. The van der Waals surface area contributed by atoms with Crippen LogP contribution in [0, 0.1) is 5.92 Å². The lowest BCUT2D eigenvalue weighted by molar-refractivity contribution is -0.142. The molecule has 0 radical (unpaired) electrons. The highest BCUT2D eigenvalue weighted by molar-refractivity contribution is 5.95. The Hall–Kier alpha value is -3.59. The Morgan fingerprint density at radius 1 is 1.03 bits per heavy atom. The van der Waals surface area contributed by atoms with Crippen molar-refractivity contribution in [1.82, 2.24) is 4.90 Å². The van der Waals surface area contributed by atoms with Gasteiger partial charge in [0.15, 0.2) is 0 Å². The van der Waals surface area contributed by atoms with Gasteiger partial charge in [0.1, 0.15) is 12.4 Å². The van der Waals surface area contributed by atoms with Crippen molar-refractivity contribution in [3.05, 3.63) is 54.1 Å². The fraction of sp³-hybridized carbons (Fsp3) is 0.444. The highest BCUT2D eigenvalue weighted by Gasteiger charge is 2.41. The topological polar surface area (TPSA) is 106 Å². The lowest BCUT2D eigenvalue weighted by Crippen LogP contribution is -2.47. The summed E-state index contributed by atoms with van der Waals surface area (Å²) in [6, 6.07) is 13.9. The molecule has 2 N–H and O–H groups in total. The first kappa shape index (κ1) is 27.0. The van der Waals surface area contributed by atoms with Crippen molar-refractivity contribution in [2.75, 3.05) is 44.6 Å². The number of methoxy groups -OCH3 is 2. The molecule has 0 spiro atoms. The Morgan fingerprint density at radius 2 is 1.78 bits per heavy atom. The van der Waals surface area contributed by atoms with Gasteiger partial charge in [-0.15, -0.1) is 0 Å². The van der Waals surface area contributed by atoms with E-state index in [1.54, 1.807) is 31.4 Å². The zero-order chi connectivity index (χ0) is 25.9. The minimum Gasteiger partial charge on any atom is -0.496 e. The summed E-state index contributed by atoms with van der Waals surface area (Å²) in [5.41, 5.74) is 1.84. The van der Waals surface area contributed by atoms with Crippen molar-refractivity contribution in [2.24, 2.45) is 5.92 Å². The number of rotatable bonds is 11. The molecule has 3 rings (SSSR count). The molecule has 1 saturated heterocycles. The monoisotopic (exact) mass is 497 g/mol. The number of carbonyl (C=O) groups excluding carboxylic acids is 3. The summed E-state index contributed by atoms with van der Waals surface area (Å²) >= 11 is 0. The van der Waals surface area contributed by atoms with E-state index >= 15 is 0 Å². The Balaban J connectivity index is 1.81. The number of nitrogens with zero attached hydrogens (tertiary/aromatic N) is 1. The van der Waals surface area contributed by atoms with Crippen LogP contribution in [0.3, 0.4) is 0 Å². The van der Waals surface area contributed by atoms with Crippen LogP contribution in [0.4, 0.5) is 16.2 Å². The van der Waals surface area contributed by atoms with Crippen LogP contribution >= 0.6 is 0 Å². The van der Waals surface area contributed by atoms with Crippen molar-refractivity contribution < 1.29 is 28.6 Å². The molecule has 2 aromatic carbocycles. The van der Waals surface area contributed by atoms with Gasteiger partial charge in [0.25, 0.3) is 0 Å². The van der Waals surface area contributed by atoms with Gasteiger partial charge in [-0.05, 0) is 37.1 Å². The minimum atomic E-state index is -0.607. The maximum atomic E-state index is 13.6. The molecule has 1 heterocycles. The molecular weight excluding hydrogens is 462 g/mol. The van der Waals surface area contributed by atoms with E-state index in [0.29, 0.717) is 43.1 Å². The zero-order valence-corrected chi connectivity index (χ0v) is 21.1. The molecule has 9 heteroatoms. The quantitative estimate of drug-likeness (QED) is 0.439. The van der Waals surface area contributed by atoms with Gasteiger partial charge < -0.3 is 24.4 Å². The Labute approximate surface area is 212 Å². The fourth-order valence-electron chi connectivity index (χ4n) is 4.40. The maximum Gasteiger partial charge on any atom is 0.411 e. The molecule has 194 valence electrons. The number of piperidine rings is 1. The second-order valence-electron chi connectivity index (χ2n) is 8.60. The highest BCUT2D eigenvalue weighted by Crippen LogP contribution is 2.41. The van der Waals surface area contributed by atoms with Gasteiger partial charge in [0.05, 0.1) is 25.7 Å². The number of benzene rings is 2. The van der Waals surface area contributed by atoms with Crippen LogP contribution in [0.5, 0.6) is 5.75 Å². The number of hydrogen-bond donors (Lipinski definition) is 2. The molecule has 0 aliphatic carbocycles. The molecule has 0 saturated carbocycles. The van der Waals surface area contributed by atoms with Crippen LogP contribution in [0.2, 0.25) is 0 Å². The molecule has 0 aromatic heterocycles. The zero-order valence-electron chi connectivity index (χ0n) is 21.1. The summed E-state index contributed by atoms with van der Waals surface area (Å²) in [4.78, 5) is 40.3. The maximum absolute atomic E-state index is 13.6. The predicted molar refractivity (Wildman–Crippen MR) is 137 cm³/mol. The summed E-state index contributed by atoms with van der Waals surface area (Å²) in [7, 11) is 3.12. The lowest BCUT2D eigenvalue weighted by atomic mass is 9.83. The molecule has 2 aromatic rings. The standard InChI is InChI=1S/C27H35N3O6/c1-4-5-15-30-24(31)14-13-22(25(30)21-11-6-7-12-23(21)35-3)26(32)28-19-9-8-10-20(18-19)29-27(33)36-17-16-34-2/h6-12,18,22,25H,4-5,13-17H2,1-3H3,(H,28,32)(H,29,33). The van der Waals surface area contributed by atoms with Gasteiger partial charge in [0.2, 0.25) is 11.8 Å². The van der Waals surface area contributed by atoms with E-state index in [2.05, 4.69) is 17.6 Å². The second-order valence-corrected chi connectivity index (χ2v) is 8.60. The Morgan fingerprint density at radius 3 is 2.50 bits per heavy atom. The van der Waals surface area contributed by atoms with Crippen molar-refractivity contribution in [2.45, 2.75) is 38.6 Å². The van der Waals surface area contributed by atoms with Gasteiger partial charge >= 0.3 is 6.09 Å². The van der Waals surface area contributed by atoms with Gasteiger partial charge in [-0.1, -0.05) is 37.6 Å². The van der Waals surface area contributed by atoms with Crippen LogP contribution in [-0.2, 0) is 19.1 Å². The first-order chi connectivity index (χ1) is 17.5. The summed E-state index contributed by atoms with van der Waals surface area (Å²) in [5, 5.41) is 5.62. The smallest absolute Gasteiger partial charge is 0.411 e. The summed E-state index contributed by atoms with van der Waals surface area (Å²) in [6.45, 7) is 3.09. The average molecular weight is 498 g/mol. The van der Waals surface area contributed by atoms with Gasteiger partial charge in [-0.3, -0.25) is 14.9 Å². The number of carbonyl (C=O) groups is 3. The number of amides is 3. The van der Waals surface area contributed by atoms with E-state index in [4.69, 9.17) is 14.2 Å². The first-order valence-corrected chi connectivity index (χ1v) is 12.2. The number of unbranched alkanes of at least 4 members (excludes halogenated alkanes) is 1. The molecule has 1 aliphatic rings. The van der Waals surface area contributed by atoms with Crippen LogP contribution in [0.1, 0.15) is 44.2 Å². The van der Waals surface area contributed by atoms with Gasteiger partial charge in [0, 0.05) is 37.0 Å². The number of para-hydroxylation sites is 1. The van der Waals surface area contributed by atoms with Crippen LogP contribution in [0.15, 0.2) is 48.5 Å². The molecule has 1 aliphatic heterocycles. The number of nitrogens with one attached hydrogen (secondary N) is 2. The van der Waals surface area contributed by atoms with Gasteiger partial charge in [-0.25, -0.2) is 4.79 Å². The van der Waals surface area contributed by atoms with Crippen LogP contribution in [0.25, 0.3) is 0 Å². The highest BCUT2D eigenvalue weighted by atomic mass is 16.6. The van der Waals surface area contributed by atoms with Crippen molar-refractivity contribution >= 4 is 29.3 Å². The lowest BCUT2D eigenvalue weighted by Gasteiger charge is -2.41. The van der Waals surface area contributed by atoms with Crippen LogP contribution < -0.4 is 15.4 Å². The van der Waals surface area contributed by atoms with E-state index < -0.39 is 18.1 Å². The number of ether oxygens (including phenoxy) is 3. The first-order valence-electron chi connectivity index (χ1n) is 12.2. The second kappa shape index (κ2) is 13.5. The molecular formula is C27H35N3O6. The molecule has 9 nitrogen and oxygen atoms in total. The molecule has 0 bridgehead atoms. The van der Waals surface area contributed by atoms with Gasteiger partial charge in [-0.2, -0.15) is 0 Å². The van der Waals surface area contributed by atoms with E-state index in [-0.39, 0.29) is 18.4 Å². The summed E-state index contributed by atoms with van der Waals surface area (Å²) in [5.74, 6) is 0.0301. The van der Waals surface area contributed by atoms with Crippen molar-refractivity contribution in [3.63, 3.8) is 0 Å². The van der Waals surface area contributed by atoms with E-state index in [1.165, 1.54) is 7.11 Å². The van der Waals surface area contributed by atoms with E-state index in [1.807, 2.05) is 29.2 Å². The largest absolute Gasteiger partial charge is 0.496 e. The van der Waals surface area contributed by atoms with Crippen LogP contribution in [-0.4, -0.2) is 56.8 Å². The normalized spacial score (nSPS) is 17.4. The number of anilines is 2. The molecule has 2 atom stereocenters. The van der Waals surface area contributed by atoms with Crippen molar-refractivity contribution in [3.8, 4) is 5.75 Å². The predicted octanol–water partition coefficient (Wildman–Crippen LogP) is 4.61. The number of likely N-dealkylation sites (tertiary alicyclic amines) is 1. The third kappa shape index (κ3) is 6.97. The molecule has 2 unspecified atom stereocenters. The SMILES string of the molecule is CCCCN1C(=O)CCC(C(=O)Nc2cccc(NC(=O)OCCOC)c2)C1c1ccccc1OC. The molecule has 3 amide bonds. The third-order valence-electron chi connectivity index (χ3n) is 6.15. The van der Waals surface area contributed by atoms with E-state index in [9.17, 15) is 14.4 Å². The fourth-order valence-corrected chi connectivity index (χ4v) is 4.40. The number of hydrogen-bond acceptors (Lipinski definition) is 6. The Bertz CT molecular complexity index is 1040. The minimum absolute atomic E-state index is 0.0431. The summed E-state index contributed by atoms with van der Waals surface area (Å²) < 4.78 is 15.5. The molecule has 1 fully saturated rings. The Kier molecular flexibility index (Phi) is 10.1. The summed E-state index contributed by atoms with van der Waals surface area (Å²) in [6.07, 6.45) is 1.92. The van der Waals surface area contributed by atoms with Crippen molar-refractivity contribution in [1.29, 1.82) is 0 Å². The van der Waals surface area contributed by atoms with E-state index in [0.717, 1.165) is 18.4 Å².